The zero-order valence-corrected chi connectivity index (χ0v) is 15.8. The fourth-order valence-electron chi connectivity index (χ4n) is 2.75. The average Bonchev–Trinajstić information content (AvgIpc) is 3.42. The van der Waals surface area contributed by atoms with Gasteiger partial charge in [0.2, 0.25) is 0 Å². The number of pyridine rings is 1. The molecule has 0 aliphatic rings. The van der Waals surface area contributed by atoms with Gasteiger partial charge in [0.25, 0.3) is 5.91 Å². The molecule has 8 nitrogen and oxygen atoms in total. The van der Waals surface area contributed by atoms with Gasteiger partial charge in [-0.15, -0.1) is 8.78 Å². The summed E-state index contributed by atoms with van der Waals surface area (Å²) in [5.41, 5.74) is -0.546. The number of nitrogens with zero attached hydrogens (tertiary/aromatic N) is 3. The standard InChI is InChI=1S/C19H13ClF2N6O2/c20-19(21,22)30-13-3-1-12(2-4-13)26-18(29)11-9-14(15-5-7-24-27-15)17(23-10-11)16-6-8-25-28-16/h1-10H,(H,24,27)(H,25,28)(H,26,29). The van der Waals surface area contributed by atoms with Crippen LogP contribution < -0.4 is 10.1 Å². The maximum absolute atomic E-state index is 12.7. The van der Waals surface area contributed by atoms with E-state index in [1.807, 2.05) is 0 Å². The predicted octanol–water partition coefficient (Wildman–Crippen LogP) is 4.28. The van der Waals surface area contributed by atoms with Crippen LogP contribution in [0.1, 0.15) is 10.4 Å². The van der Waals surface area contributed by atoms with Gasteiger partial charge < -0.3 is 10.1 Å². The molecule has 4 rings (SSSR count). The largest absolute Gasteiger partial charge is 0.487 e. The molecule has 11 heteroatoms. The fourth-order valence-corrected chi connectivity index (χ4v) is 2.83. The van der Waals surface area contributed by atoms with E-state index < -0.39 is 11.5 Å². The van der Waals surface area contributed by atoms with Crippen LogP contribution in [0.2, 0.25) is 0 Å². The number of hydrogen-bond acceptors (Lipinski definition) is 5. The third-order valence-corrected chi connectivity index (χ3v) is 4.12. The van der Waals surface area contributed by atoms with E-state index in [1.165, 1.54) is 30.5 Å². The molecule has 0 atom stereocenters. The summed E-state index contributed by atoms with van der Waals surface area (Å²) < 4.78 is 29.6. The lowest BCUT2D eigenvalue weighted by molar-refractivity contribution is -0.0964. The number of hydrogen-bond donors (Lipinski definition) is 3. The summed E-state index contributed by atoms with van der Waals surface area (Å²) in [6, 6.07) is 10.5. The fraction of sp³-hybridized carbons (Fsp3) is 0.0526. The summed E-state index contributed by atoms with van der Waals surface area (Å²) in [6.45, 7) is 0. The number of halogens is 3. The molecule has 0 saturated carbocycles. The third-order valence-electron chi connectivity index (χ3n) is 4.04. The Bertz CT molecular complexity index is 1140. The highest BCUT2D eigenvalue weighted by molar-refractivity contribution is 6.20. The monoisotopic (exact) mass is 430 g/mol. The number of amides is 1. The maximum atomic E-state index is 12.7. The van der Waals surface area contributed by atoms with Crippen molar-refractivity contribution in [2.75, 3.05) is 5.32 Å². The molecule has 0 aliphatic heterocycles. The summed E-state index contributed by atoms with van der Waals surface area (Å²) in [7, 11) is 0. The van der Waals surface area contributed by atoms with Crippen LogP contribution >= 0.6 is 11.6 Å². The first-order valence-corrected chi connectivity index (χ1v) is 8.93. The first-order chi connectivity index (χ1) is 14.4. The molecule has 0 radical (unpaired) electrons. The van der Waals surface area contributed by atoms with Gasteiger partial charge in [-0.1, -0.05) is 0 Å². The summed E-state index contributed by atoms with van der Waals surface area (Å²) in [6.07, 6.45) is 4.62. The zero-order valence-electron chi connectivity index (χ0n) is 15.1. The van der Waals surface area contributed by atoms with Crippen LogP contribution in [0, 0.1) is 0 Å². The molecule has 1 amide bonds. The highest BCUT2D eigenvalue weighted by Gasteiger charge is 2.27. The van der Waals surface area contributed by atoms with Crippen molar-refractivity contribution in [1.29, 1.82) is 0 Å². The van der Waals surface area contributed by atoms with Gasteiger partial charge in [-0.05, 0) is 42.5 Å². The van der Waals surface area contributed by atoms with Crippen molar-refractivity contribution < 1.29 is 18.3 Å². The summed E-state index contributed by atoms with van der Waals surface area (Å²) in [5.74, 6) is -0.573. The van der Waals surface area contributed by atoms with Crippen molar-refractivity contribution >= 4 is 23.2 Å². The molecule has 4 aromatic rings. The van der Waals surface area contributed by atoms with E-state index in [0.717, 1.165) is 0 Å². The lowest BCUT2D eigenvalue weighted by atomic mass is 10.1. The van der Waals surface area contributed by atoms with Gasteiger partial charge in [-0.25, -0.2) is 0 Å². The second-order valence-electron chi connectivity index (χ2n) is 6.09. The Morgan fingerprint density at radius 1 is 1.03 bits per heavy atom. The van der Waals surface area contributed by atoms with Crippen LogP contribution in [-0.4, -0.2) is 36.9 Å². The summed E-state index contributed by atoms with van der Waals surface area (Å²) in [4.78, 5) is 17.1. The van der Waals surface area contributed by atoms with E-state index in [1.54, 1.807) is 30.6 Å². The first kappa shape index (κ1) is 19.5. The lowest BCUT2D eigenvalue weighted by Gasteiger charge is -2.12. The second-order valence-corrected chi connectivity index (χ2v) is 6.53. The molecule has 3 heterocycles. The van der Waals surface area contributed by atoms with Crippen LogP contribution in [0.3, 0.4) is 0 Å². The topological polar surface area (TPSA) is 109 Å². The van der Waals surface area contributed by atoms with Crippen molar-refractivity contribution in [3.05, 3.63) is 66.6 Å². The first-order valence-electron chi connectivity index (χ1n) is 8.56. The summed E-state index contributed by atoms with van der Waals surface area (Å²) in [5, 5.41) is 16.2. The molecular formula is C19H13ClF2N6O2. The Morgan fingerprint density at radius 2 is 1.70 bits per heavy atom. The Labute approximate surface area is 173 Å². The van der Waals surface area contributed by atoms with E-state index in [9.17, 15) is 13.6 Å². The van der Waals surface area contributed by atoms with Crippen molar-refractivity contribution in [2.45, 2.75) is 5.57 Å². The minimum absolute atomic E-state index is 0.139. The van der Waals surface area contributed by atoms with Crippen molar-refractivity contribution in [3.8, 4) is 28.4 Å². The number of alkyl halides is 3. The van der Waals surface area contributed by atoms with E-state index in [0.29, 0.717) is 28.3 Å². The van der Waals surface area contributed by atoms with Gasteiger partial charge in [0.15, 0.2) is 0 Å². The normalized spacial score (nSPS) is 11.3. The molecule has 0 aliphatic carbocycles. The van der Waals surface area contributed by atoms with E-state index in [-0.39, 0.29) is 11.3 Å². The minimum Gasteiger partial charge on any atom is -0.420 e. The Balaban J connectivity index is 1.58. The molecule has 152 valence electrons. The SMILES string of the molecule is O=C(Nc1ccc(OC(F)(F)Cl)cc1)c1cnc(-c2ccn[nH]2)c(-c2ccn[nH]2)c1. The number of aromatic amines is 2. The Morgan fingerprint density at radius 3 is 2.30 bits per heavy atom. The van der Waals surface area contributed by atoms with Crippen molar-refractivity contribution in [2.24, 2.45) is 0 Å². The molecule has 30 heavy (non-hydrogen) atoms. The third kappa shape index (κ3) is 4.44. The van der Waals surface area contributed by atoms with Gasteiger partial charge in [-0.2, -0.15) is 10.2 Å². The maximum Gasteiger partial charge on any atom is 0.487 e. The highest BCUT2D eigenvalue weighted by atomic mass is 35.5. The number of carbonyl (C=O) groups is 1. The average molecular weight is 431 g/mol. The van der Waals surface area contributed by atoms with E-state index >= 15 is 0 Å². The number of H-pyrrole nitrogens is 2. The molecule has 1 aromatic carbocycles. The number of benzene rings is 1. The van der Waals surface area contributed by atoms with E-state index in [2.05, 4.69) is 35.4 Å². The van der Waals surface area contributed by atoms with Crippen molar-refractivity contribution in [3.63, 3.8) is 0 Å². The number of anilines is 1. The van der Waals surface area contributed by atoms with Gasteiger partial charge in [0.1, 0.15) is 5.75 Å². The van der Waals surface area contributed by atoms with E-state index in [4.69, 9.17) is 11.6 Å². The van der Waals surface area contributed by atoms with Gasteiger partial charge >= 0.3 is 5.57 Å². The van der Waals surface area contributed by atoms with Gasteiger partial charge in [-0.3, -0.25) is 20.0 Å². The number of aromatic nitrogens is 5. The molecule has 0 unspecified atom stereocenters. The molecular weight excluding hydrogens is 418 g/mol. The van der Waals surface area contributed by atoms with Crippen LogP contribution in [0.5, 0.6) is 5.75 Å². The number of rotatable bonds is 6. The molecule has 0 spiro atoms. The van der Waals surface area contributed by atoms with Gasteiger partial charge in [0, 0.05) is 41.4 Å². The van der Waals surface area contributed by atoms with Crippen LogP contribution in [0.4, 0.5) is 14.5 Å². The lowest BCUT2D eigenvalue weighted by Crippen LogP contribution is -2.16. The highest BCUT2D eigenvalue weighted by Crippen LogP contribution is 2.29. The molecule has 0 saturated heterocycles. The number of nitrogens with one attached hydrogen (secondary N) is 3. The van der Waals surface area contributed by atoms with Crippen LogP contribution in [0.15, 0.2) is 61.1 Å². The number of ether oxygens (including phenoxy) is 1. The Hall–Kier alpha value is -3.79. The zero-order chi connectivity index (χ0) is 21.1. The van der Waals surface area contributed by atoms with Gasteiger partial charge in [0.05, 0.1) is 22.6 Å². The molecule has 3 aromatic heterocycles. The quantitative estimate of drug-likeness (QED) is 0.395. The Kier molecular flexibility index (Phi) is 5.15. The minimum atomic E-state index is -3.81. The molecule has 0 fully saturated rings. The smallest absolute Gasteiger partial charge is 0.420 e. The second kappa shape index (κ2) is 7.91. The summed E-state index contributed by atoms with van der Waals surface area (Å²) >= 11 is 4.73. The molecule has 0 bridgehead atoms. The van der Waals surface area contributed by atoms with Crippen LogP contribution in [0.25, 0.3) is 22.6 Å². The van der Waals surface area contributed by atoms with Crippen LogP contribution in [-0.2, 0) is 0 Å². The van der Waals surface area contributed by atoms with Crippen molar-refractivity contribution in [1.82, 2.24) is 25.4 Å². The predicted molar refractivity (Wildman–Crippen MR) is 105 cm³/mol. The number of carbonyl (C=O) groups excluding carboxylic acids is 1. The molecule has 3 N–H and O–H groups in total.